The maximum Gasteiger partial charge on any atom is 0.412 e. The predicted octanol–water partition coefficient (Wildman–Crippen LogP) is 2.32. The van der Waals surface area contributed by atoms with E-state index in [9.17, 15) is 22.8 Å². The number of amides is 2. The van der Waals surface area contributed by atoms with Gasteiger partial charge in [-0.15, -0.1) is 0 Å². The largest absolute Gasteiger partial charge is 0.412 e. The highest BCUT2D eigenvalue weighted by Crippen LogP contribution is 2.32. The summed E-state index contributed by atoms with van der Waals surface area (Å²) in [4.78, 5) is 39.8. The summed E-state index contributed by atoms with van der Waals surface area (Å²) in [5.41, 5.74) is 5.51. The summed E-state index contributed by atoms with van der Waals surface area (Å²) in [6.07, 6.45) is 3.27. The number of carbonyl (C=O) groups is 3. The fourth-order valence-corrected chi connectivity index (χ4v) is 4.74. The van der Waals surface area contributed by atoms with Crippen LogP contribution in [0.5, 0.6) is 0 Å². The Bertz CT molecular complexity index is 1090. The van der Waals surface area contributed by atoms with Gasteiger partial charge in [0.15, 0.2) is 15.0 Å². The Balaban J connectivity index is 1.79. The summed E-state index contributed by atoms with van der Waals surface area (Å²) in [7, 11) is -3.36. The third-order valence-electron chi connectivity index (χ3n) is 5.07. The molecule has 0 bridgehead atoms. The third-order valence-corrected chi connectivity index (χ3v) is 7.09. The molecule has 172 valence electrons. The summed E-state index contributed by atoms with van der Waals surface area (Å²) >= 11 is 0.851. The summed E-state index contributed by atoms with van der Waals surface area (Å²) < 4.78 is 33.2. The van der Waals surface area contributed by atoms with Crippen molar-refractivity contribution in [2.75, 3.05) is 24.8 Å². The van der Waals surface area contributed by atoms with E-state index in [1.54, 1.807) is 12.1 Å². The minimum atomic E-state index is -3.36. The van der Waals surface area contributed by atoms with Crippen LogP contribution in [-0.2, 0) is 24.1 Å². The van der Waals surface area contributed by atoms with Crippen LogP contribution < -0.4 is 11.1 Å². The molecule has 1 unspecified atom stereocenters. The minimum Gasteiger partial charge on any atom is -0.381 e. The fraction of sp³-hybridized carbons (Fsp3) is 0.400. The molecule has 2 heterocycles. The normalized spacial score (nSPS) is 15.7. The van der Waals surface area contributed by atoms with Crippen LogP contribution in [0.25, 0.3) is 0 Å². The van der Waals surface area contributed by atoms with Gasteiger partial charge in [0.25, 0.3) is 0 Å². The zero-order valence-corrected chi connectivity index (χ0v) is 18.9. The van der Waals surface area contributed by atoms with Gasteiger partial charge in [0.2, 0.25) is 5.91 Å². The minimum absolute atomic E-state index is 0.0117. The van der Waals surface area contributed by atoms with Crippen LogP contribution in [0.4, 0.5) is 9.93 Å². The van der Waals surface area contributed by atoms with Crippen molar-refractivity contribution in [2.24, 2.45) is 11.7 Å². The first-order valence-electron chi connectivity index (χ1n) is 9.79. The molecular weight excluding hydrogens is 458 g/mol. The fourth-order valence-electron chi connectivity index (χ4n) is 3.42. The molecule has 2 amide bonds. The van der Waals surface area contributed by atoms with Gasteiger partial charge in [0.05, 0.1) is 17.0 Å². The van der Waals surface area contributed by atoms with Crippen molar-refractivity contribution in [3.8, 4) is 0 Å². The van der Waals surface area contributed by atoms with Crippen LogP contribution in [0, 0.1) is 5.92 Å². The number of esters is 1. The smallest absolute Gasteiger partial charge is 0.381 e. The lowest BCUT2D eigenvalue weighted by Gasteiger charge is -2.26. The first kappa shape index (κ1) is 23.8. The molecule has 3 N–H and O–H groups in total. The molecule has 10 nitrogen and oxygen atoms in total. The number of nitrogens with one attached hydrogen (secondary N) is 1. The molecular formula is C20H23N3O7S2. The Morgan fingerprint density at radius 2 is 1.91 bits per heavy atom. The van der Waals surface area contributed by atoms with Crippen molar-refractivity contribution >= 4 is 44.3 Å². The highest BCUT2D eigenvalue weighted by molar-refractivity contribution is 7.90. The number of anilines is 1. The standard InChI is InChI=1S/C20H23N3O7S2/c1-32(27,28)14-4-2-13(3-5-14)15(10-12-6-8-29-9-7-12)17(24)23-20-22-11-16(31-20)18(25)30-19(21)26/h2-5,11-12,15H,6-10H2,1H3,(H2,21,26)(H,22,23,24). The number of nitrogens with two attached hydrogens (primary N) is 1. The van der Waals surface area contributed by atoms with Crippen LogP contribution in [0.1, 0.15) is 40.4 Å². The number of nitrogens with zero attached hydrogens (tertiary/aromatic N) is 1. The third kappa shape index (κ3) is 6.34. The van der Waals surface area contributed by atoms with E-state index < -0.39 is 27.8 Å². The number of hydrogen-bond acceptors (Lipinski definition) is 9. The molecule has 1 fully saturated rings. The van der Waals surface area contributed by atoms with Crippen LogP contribution >= 0.6 is 11.3 Å². The number of rotatable bonds is 7. The molecule has 1 aromatic carbocycles. The first-order chi connectivity index (χ1) is 15.1. The second-order valence-corrected chi connectivity index (χ2v) is 10.5. The molecule has 1 saturated heterocycles. The Morgan fingerprint density at radius 3 is 2.50 bits per heavy atom. The lowest BCUT2D eigenvalue weighted by atomic mass is 9.84. The van der Waals surface area contributed by atoms with E-state index in [1.165, 1.54) is 18.3 Å². The van der Waals surface area contributed by atoms with E-state index in [0.29, 0.717) is 25.2 Å². The van der Waals surface area contributed by atoms with E-state index in [1.807, 2.05) is 0 Å². The number of sulfone groups is 1. The molecule has 1 atom stereocenters. The average Bonchev–Trinajstić information content (AvgIpc) is 3.20. The van der Waals surface area contributed by atoms with Crippen molar-refractivity contribution in [2.45, 2.75) is 30.1 Å². The number of thiazole rings is 1. The molecule has 12 heteroatoms. The van der Waals surface area contributed by atoms with Gasteiger partial charge in [-0.2, -0.15) is 0 Å². The van der Waals surface area contributed by atoms with Crippen molar-refractivity contribution in [1.29, 1.82) is 0 Å². The first-order valence-corrected chi connectivity index (χ1v) is 12.5. The molecule has 0 radical (unpaired) electrons. The zero-order valence-electron chi connectivity index (χ0n) is 17.3. The number of benzene rings is 1. The van der Waals surface area contributed by atoms with E-state index in [-0.39, 0.29) is 26.7 Å². The summed E-state index contributed by atoms with van der Waals surface area (Å²) in [5, 5.41) is 2.86. The van der Waals surface area contributed by atoms with E-state index in [2.05, 4.69) is 15.0 Å². The zero-order chi connectivity index (χ0) is 23.3. The van der Waals surface area contributed by atoms with Crippen molar-refractivity contribution in [3.05, 3.63) is 40.9 Å². The Morgan fingerprint density at radius 1 is 1.25 bits per heavy atom. The summed E-state index contributed by atoms with van der Waals surface area (Å²) in [6, 6.07) is 6.24. The number of primary amides is 1. The molecule has 3 rings (SSSR count). The number of hydrogen-bond donors (Lipinski definition) is 2. The molecule has 1 aliphatic heterocycles. The summed E-state index contributed by atoms with van der Waals surface area (Å²) in [5.74, 6) is -1.58. The molecule has 1 aromatic heterocycles. The van der Waals surface area contributed by atoms with Crippen LogP contribution in [0.3, 0.4) is 0 Å². The van der Waals surface area contributed by atoms with Gasteiger partial charge < -0.3 is 20.5 Å². The van der Waals surface area contributed by atoms with Crippen LogP contribution in [0.15, 0.2) is 35.4 Å². The van der Waals surface area contributed by atoms with E-state index in [4.69, 9.17) is 10.5 Å². The van der Waals surface area contributed by atoms with Gasteiger partial charge in [0, 0.05) is 19.5 Å². The van der Waals surface area contributed by atoms with Crippen molar-refractivity contribution in [1.82, 2.24) is 4.98 Å². The topological polar surface area (TPSA) is 155 Å². The Hall–Kier alpha value is -2.83. The number of carbonyl (C=O) groups excluding carboxylic acids is 3. The Kier molecular flexibility index (Phi) is 7.59. The van der Waals surface area contributed by atoms with Gasteiger partial charge >= 0.3 is 12.1 Å². The van der Waals surface area contributed by atoms with Gasteiger partial charge in [-0.05, 0) is 42.9 Å². The quantitative estimate of drug-likeness (QED) is 0.451. The Labute approximate surface area is 189 Å². The van der Waals surface area contributed by atoms with Gasteiger partial charge in [-0.3, -0.25) is 4.79 Å². The monoisotopic (exact) mass is 481 g/mol. The number of aromatic nitrogens is 1. The van der Waals surface area contributed by atoms with E-state index in [0.717, 1.165) is 30.4 Å². The molecule has 1 aliphatic rings. The molecule has 32 heavy (non-hydrogen) atoms. The van der Waals surface area contributed by atoms with Gasteiger partial charge in [-0.1, -0.05) is 23.5 Å². The molecule has 2 aromatic rings. The maximum atomic E-state index is 13.1. The highest BCUT2D eigenvalue weighted by atomic mass is 32.2. The molecule has 0 saturated carbocycles. The molecule has 0 aliphatic carbocycles. The van der Waals surface area contributed by atoms with Crippen LogP contribution in [-0.4, -0.2) is 50.8 Å². The lowest BCUT2D eigenvalue weighted by molar-refractivity contribution is -0.118. The predicted molar refractivity (Wildman–Crippen MR) is 116 cm³/mol. The second kappa shape index (κ2) is 10.2. The second-order valence-electron chi connectivity index (χ2n) is 7.41. The number of ether oxygens (including phenoxy) is 2. The maximum absolute atomic E-state index is 13.1. The van der Waals surface area contributed by atoms with Crippen molar-refractivity contribution < 1.29 is 32.3 Å². The van der Waals surface area contributed by atoms with E-state index >= 15 is 0 Å². The van der Waals surface area contributed by atoms with Crippen molar-refractivity contribution in [3.63, 3.8) is 0 Å². The highest BCUT2D eigenvalue weighted by Gasteiger charge is 2.27. The van der Waals surface area contributed by atoms with Gasteiger partial charge in [-0.25, -0.2) is 23.0 Å². The van der Waals surface area contributed by atoms with Crippen LogP contribution in [0.2, 0.25) is 0 Å². The average molecular weight is 482 g/mol. The summed E-state index contributed by atoms with van der Waals surface area (Å²) in [6.45, 7) is 1.26. The van der Waals surface area contributed by atoms with Gasteiger partial charge in [0.1, 0.15) is 4.88 Å². The molecule has 0 spiro atoms. The SMILES string of the molecule is CS(=O)(=O)c1ccc(C(CC2CCOCC2)C(=O)Nc2ncc(C(=O)OC(N)=O)s2)cc1. The lowest BCUT2D eigenvalue weighted by Crippen LogP contribution is -2.26.